The number of furan rings is 1. The number of nitrogens with zero attached hydrogens (tertiary/aromatic N) is 4. The number of aryl methyl sites for hydroxylation is 3. The van der Waals surface area contributed by atoms with Gasteiger partial charge in [-0.25, -0.2) is 9.97 Å². The third-order valence-electron chi connectivity index (χ3n) is 5.73. The van der Waals surface area contributed by atoms with E-state index in [1.165, 1.54) is 0 Å². The van der Waals surface area contributed by atoms with E-state index in [0.29, 0.717) is 39.3 Å². The average molecular weight is 465 g/mol. The lowest BCUT2D eigenvalue weighted by Crippen LogP contribution is -2.29. The molecule has 5 rings (SSSR count). The first-order valence-corrected chi connectivity index (χ1v) is 10.6. The van der Waals surface area contributed by atoms with Gasteiger partial charge in [-0.15, -0.1) is 0 Å². The Labute approximate surface area is 192 Å². The highest BCUT2D eigenvalue weighted by Crippen LogP contribution is 2.31. The van der Waals surface area contributed by atoms with Crippen LogP contribution in [0.2, 0.25) is 0 Å². The summed E-state index contributed by atoms with van der Waals surface area (Å²) in [6.07, 6.45) is 0. The van der Waals surface area contributed by atoms with Gasteiger partial charge in [-0.1, -0.05) is 17.3 Å². The number of alkyl halides is 2. The Morgan fingerprint density at radius 1 is 1.12 bits per heavy atom. The van der Waals surface area contributed by atoms with Crippen LogP contribution in [0.3, 0.4) is 0 Å². The monoisotopic (exact) mass is 465 g/mol. The molecule has 1 unspecified atom stereocenters. The highest BCUT2D eigenvalue weighted by atomic mass is 19.3. The van der Waals surface area contributed by atoms with Crippen molar-refractivity contribution in [1.82, 2.24) is 25.0 Å². The maximum absolute atomic E-state index is 13.9. The predicted molar refractivity (Wildman–Crippen MR) is 121 cm³/mol. The fourth-order valence-electron chi connectivity index (χ4n) is 4.21. The average Bonchev–Trinajstić information content (AvgIpc) is 3.47. The Hall–Kier alpha value is -4.08. The van der Waals surface area contributed by atoms with Crippen molar-refractivity contribution in [2.24, 2.45) is 0 Å². The molecule has 0 aliphatic rings. The molecule has 34 heavy (non-hydrogen) atoms. The van der Waals surface area contributed by atoms with Crippen LogP contribution in [0.1, 0.15) is 52.9 Å². The zero-order chi connectivity index (χ0) is 24.1. The zero-order valence-corrected chi connectivity index (χ0v) is 18.9. The van der Waals surface area contributed by atoms with Gasteiger partial charge in [0, 0.05) is 5.56 Å². The van der Waals surface area contributed by atoms with E-state index in [1.54, 1.807) is 51.1 Å². The summed E-state index contributed by atoms with van der Waals surface area (Å²) < 4.78 is 39.5. The summed E-state index contributed by atoms with van der Waals surface area (Å²) >= 11 is 0. The van der Waals surface area contributed by atoms with Gasteiger partial charge in [-0.2, -0.15) is 8.78 Å². The van der Waals surface area contributed by atoms with Gasteiger partial charge in [0.2, 0.25) is 0 Å². The molecule has 0 saturated carbocycles. The number of nitrogens with one attached hydrogen (secondary N) is 1. The molecule has 0 spiro atoms. The Kier molecular flexibility index (Phi) is 5.15. The summed E-state index contributed by atoms with van der Waals surface area (Å²) in [5, 5.41) is 7.20. The van der Waals surface area contributed by atoms with Crippen molar-refractivity contribution in [3.63, 3.8) is 0 Å². The van der Waals surface area contributed by atoms with Gasteiger partial charge in [0.1, 0.15) is 17.3 Å². The first-order valence-electron chi connectivity index (χ1n) is 10.6. The normalized spacial score (nSPS) is 12.7. The molecule has 1 aromatic carbocycles. The van der Waals surface area contributed by atoms with E-state index in [1.807, 2.05) is 13.0 Å². The number of amides is 1. The van der Waals surface area contributed by atoms with E-state index in [2.05, 4.69) is 20.4 Å². The van der Waals surface area contributed by atoms with Gasteiger partial charge in [0.05, 0.1) is 39.4 Å². The third kappa shape index (κ3) is 3.51. The van der Waals surface area contributed by atoms with E-state index in [0.717, 1.165) is 10.1 Å². The molecule has 0 fully saturated rings. The second kappa shape index (κ2) is 8.05. The van der Waals surface area contributed by atoms with E-state index in [-0.39, 0.29) is 17.1 Å². The van der Waals surface area contributed by atoms with E-state index < -0.39 is 18.5 Å². The maximum atomic E-state index is 13.9. The molecule has 0 aliphatic carbocycles. The number of imidazole rings is 1. The molecule has 0 saturated heterocycles. The number of aromatic nitrogens is 4. The SMILES string of the molecule is Cc1cc(-c2cc(C(=O)NC(C)c3nc4ccccc4n3C(F)F)c3c(C)noc3n2)c(C)o1. The number of carbonyl (C=O) groups excluding carboxylic acids is 1. The molecular formula is C24H21F2N5O3. The first-order chi connectivity index (χ1) is 16.2. The number of halogens is 2. The summed E-state index contributed by atoms with van der Waals surface area (Å²) in [6, 6.07) is 9.26. The molecular weight excluding hydrogens is 444 g/mol. The van der Waals surface area contributed by atoms with Gasteiger partial charge >= 0.3 is 6.55 Å². The van der Waals surface area contributed by atoms with Crippen LogP contribution in [0.15, 0.2) is 45.3 Å². The smallest absolute Gasteiger partial charge is 0.320 e. The number of hydrogen-bond acceptors (Lipinski definition) is 6. The molecule has 1 amide bonds. The third-order valence-corrected chi connectivity index (χ3v) is 5.73. The molecule has 0 aliphatic heterocycles. The van der Waals surface area contributed by atoms with Gasteiger partial charge in [0.25, 0.3) is 11.6 Å². The molecule has 4 aromatic heterocycles. The van der Waals surface area contributed by atoms with Crippen LogP contribution >= 0.6 is 0 Å². The summed E-state index contributed by atoms with van der Waals surface area (Å²) in [4.78, 5) is 22.3. The van der Waals surface area contributed by atoms with Crippen LogP contribution in [-0.2, 0) is 0 Å². The molecule has 174 valence electrons. The number of rotatable bonds is 5. The molecule has 1 N–H and O–H groups in total. The Bertz CT molecular complexity index is 1550. The number of hydrogen-bond donors (Lipinski definition) is 1. The van der Waals surface area contributed by atoms with E-state index in [9.17, 15) is 13.6 Å². The highest BCUT2D eigenvalue weighted by molar-refractivity contribution is 6.07. The van der Waals surface area contributed by atoms with Crippen molar-refractivity contribution >= 4 is 28.0 Å². The topological polar surface area (TPSA) is 99.0 Å². The Balaban J connectivity index is 1.57. The lowest BCUT2D eigenvalue weighted by Gasteiger charge is -2.16. The molecule has 8 nitrogen and oxygen atoms in total. The minimum absolute atomic E-state index is 0.0541. The zero-order valence-electron chi connectivity index (χ0n) is 18.9. The Morgan fingerprint density at radius 2 is 1.88 bits per heavy atom. The molecule has 0 radical (unpaired) electrons. The van der Waals surface area contributed by atoms with E-state index >= 15 is 0 Å². The standard InChI is InChI=1S/C24H21F2N5O3/c1-11-9-15(14(4)33-11)18-10-16(20-12(2)30-34-23(20)29-18)22(32)27-13(3)21-28-17-7-5-6-8-19(17)31(21)24(25)26/h5-10,13,24H,1-4H3,(H,27,32). The van der Waals surface area contributed by atoms with Gasteiger partial charge in [-0.05, 0) is 52.0 Å². The molecule has 1 atom stereocenters. The molecule has 10 heteroatoms. The molecule has 5 aromatic rings. The number of carbonyl (C=O) groups is 1. The van der Waals surface area contributed by atoms with Crippen LogP contribution in [-0.4, -0.2) is 25.6 Å². The van der Waals surface area contributed by atoms with Crippen molar-refractivity contribution in [3.05, 3.63) is 65.0 Å². The minimum Gasteiger partial charge on any atom is -0.466 e. The van der Waals surface area contributed by atoms with Crippen molar-refractivity contribution in [1.29, 1.82) is 0 Å². The first kappa shape index (κ1) is 21.7. The number of fused-ring (bicyclic) bond motifs is 2. The Morgan fingerprint density at radius 3 is 2.59 bits per heavy atom. The summed E-state index contributed by atoms with van der Waals surface area (Å²) in [6.45, 7) is 4.13. The number of pyridine rings is 1. The van der Waals surface area contributed by atoms with Gasteiger partial charge in [-0.3, -0.25) is 9.36 Å². The lowest BCUT2D eigenvalue weighted by molar-refractivity contribution is 0.0688. The largest absolute Gasteiger partial charge is 0.466 e. The van der Waals surface area contributed by atoms with Crippen LogP contribution in [0.4, 0.5) is 8.78 Å². The van der Waals surface area contributed by atoms with Crippen molar-refractivity contribution in [3.8, 4) is 11.3 Å². The maximum Gasteiger partial charge on any atom is 0.320 e. The second-order valence-electron chi connectivity index (χ2n) is 8.13. The highest BCUT2D eigenvalue weighted by Gasteiger charge is 2.26. The quantitative estimate of drug-likeness (QED) is 0.360. The summed E-state index contributed by atoms with van der Waals surface area (Å²) in [5.41, 5.74) is 2.88. The van der Waals surface area contributed by atoms with Gasteiger partial charge < -0.3 is 14.3 Å². The van der Waals surface area contributed by atoms with Crippen LogP contribution < -0.4 is 5.32 Å². The molecule has 0 bridgehead atoms. The van der Waals surface area contributed by atoms with Crippen LogP contribution in [0.25, 0.3) is 33.4 Å². The van der Waals surface area contributed by atoms with Crippen LogP contribution in [0.5, 0.6) is 0 Å². The van der Waals surface area contributed by atoms with Crippen molar-refractivity contribution in [2.75, 3.05) is 0 Å². The van der Waals surface area contributed by atoms with E-state index in [4.69, 9.17) is 8.94 Å². The van der Waals surface area contributed by atoms with Crippen molar-refractivity contribution in [2.45, 2.75) is 40.3 Å². The fourth-order valence-corrected chi connectivity index (χ4v) is 4.21. The second-order valence-corrected chi connectivity index (χ2v) is 8.13. The molecule has 4 heterocycles. The summed E-state index contributed by atoms with van der Waals surface area (Å²) in [5.74, 6) is 0.913. The number of benzene rings is 1. The minimum atomic E-state index is -2.81. The fraction of sp³-hybridized carbons (Fsp3) is 0.250. The van der Waals surface area contributed by atoms with Gasteiger partial charge in [0.15, 0.2) is 0 Å². The summed E-state index contributed by atoms with van der Waals surface area (Å²) in [7, 11) is 0. The number of para-hydroxylation sites is 2. The predicted octanol–water partition coefficient (Wildman–Crippen LogP) is 5.64. The lowest BCUT2D eigenvalue weighted by atomic mass is 10.0. The van der Waals surface area contributed by atoms with Crippen molar-refractivity contribution < 1.29 is 22.5 Å². The van der Waals surface area contributed by atoms with Crippen LogP contribution in [0, 0.1) is 20.8 Å².